The highest BCUT2D eigenvalue weighted by Gasteiger charge is 2.41. The number of hydrogen-bond donors (Lipinski definition) is 5. The number of aromatic nitrogens is 4. The van der Waals surface area contributed by atoms with E-state index in [1.807, 2.05) is 43.7 Å². The van der Waals surface area contributed by atoms with Crippen molar-refractivity contribution in [3.8, 4) is 32.1 Å². The van der Waals surface area contributed by atoms with Crippen LogP contribution in [-0.2, 0) is 14.4 Å². The number of likely N-dealkylation sites (tertiary alicyclic amines) is 2. The Hall–Kier alpha value is -4.85. The molecule has 0 spiro atoms. The van der Waals surface area contributed by atoms with Crippen LogP contribution in [0, 0.1) is 17.8 Å². The first-order valence-corrected chi connectivity index (χ1v) is 22.4. The van der Waals surface area contributed by atoms with E-state index in [2.05, 4.69) is 70.0 Å². The zero-order chi connectivity index (χ0) is 41.3. The molecule has 310 valence electrons. The number of rotatable bonds is 10. The molecule has 3 fully saturated rings. The minimum Gasteiger partial charge on any atom is -0.344 e. The van der Waals surface area contributed by atoms with Crippen molar-refractivity contribution in [1.82, 2.24) is 40.4 Å². The average Bonchev–Trinajstić information content (AvgIpc) is 4.06. The first-order chi connectivity index (χ1) is 28.4. The van der Waals surface area contributed by atoms with Crippen LogP contribution in [0.5, 0.6) is 0 Å². The summed E-state index contributed by atoms with van der Waals surface area (Å²) in [7, 11) is 0. The van der Waals surface area contributed by atoms with Crippen LogP contribution in [0.15, 0.2) is 48.7 Å². The molecule has 0 radical (unpaired) electrons. The number of carbonyl (C=O) groups excluding carboxylic acids is 3. The van der Waals surface area contributed by atoms with Gasteiger partial charge in [0.2, 0.25) is 17.7 Å². The molecule has 12 nitrogen and oxygen atoms in total. The maximum absolute atomic E-state index is 13.7. The van der Waals surface area contributed by atoms with Gasteiger partial charge in [0.1, 0.15) is 17.7 Å². The van der Waals surface area contributed by atoms with Gasteiger partial charge in [-0.15, -0.1) is 11.3 Å². The van der Waals surface area contributed by atoms with E-state index in [0.717, 1.165) is 77.3 Å². The molecular formula is C46H57N9O3S. The van der Waals surface area contributed by atoms with Crippen LogP contribution in [-0.4, -0.2) is 72.6 Å². The fourth-order valence-electron chi connectivity index (χ4n) is 10.2. The lowest BCUT2D eigenvalue weighted by Gasteiger charge is -2.30. The van der Waals surface area contributed by atoms with Crippen LogP contribution >= 0.6 is 11.3 Å². The Kier molecular flexibility index (Phi) is 10.5. The molecule has 2 aromatic carbocycles. The highest BCUT2D eigenvalue weighted by molar-refractivity contribution is 7.18. The quantitative estimate of drug-likeness (QED) is 0.0955. The molecule has 7 atom stereocenters. The summed E-state index contributed by atoms with van der Waals surface area (Å²) in [5.74, 6) is 2.04. The van der Waals surface area contributed by atoms with Crippen molar-refractivity contribution in [2.24, 2.45) is 23.5 Å². The minimum atomic E-state index is -0.565. The van der Waals surface area contributed by atoms with E-state index in [-0.39, 0.29) is 53.7 Å². The van der Waals surface area contributed by atoms with Crippen molar-refractivity contribution in [3.63, 3.8) is 0 Å². The monoisotopic (exact) mass is 815 g/mol. The lowest BCUT2D eigenvalue weighted by molar-refractivity contribution is -0.138. The van der Waals surface area contributed by atoms with Crippen molar-refractivity contribution in [2.45, 2.75) is 116 Å². The molecule has 3 aromatic heterocycles. The number of amides is 3. The number of fused-ring (bicyclic) bond motifs is 6. The van der Waals surface area contributed by atoms with E-state index in [0.29, 0.717) is 19.0 Å². The maximum atomic E-state index is 13.7. The van der Waals surface area contributed by atoms with Gasteiger partial charge in [-0.1, -0.05) is 52.8 Å². The SMILES string of the molecule is CC(=O)NC(C(=O)N1CCCC1c1nc2ccc(-c3ccc(-c4ccc(-c5cnc(C6CCCN6C(=O)C(N)C(C)C)[nH]5)s4)c4c3C3CC(C)CC4N3)cc2[nH]1)C(C)C. The molecule has 7 unspecified atom stereocenters. The van der Waals surface area contributed by atoms with Crippen LogP contribution in [0.2, 0.25) is 0 Å². The average molecular weight is 816 g/mol. The number of imidazole rings is 2. The van der Waals surface area contributed by atoms with E-state index in [4.69, 9.17) is 15.7 Å². The van der Waals surface area contributed by atoms with Gasteiger partial charge in [0, 0.05) is 37.0 Å². The van der Waals surface area contributed by atoms with Gasteiger partial charge in [-0.2, -0.15) is 0 Å². The van der Waals surface area contributed by atoms with Crippen LogP contribution in [0.25, 0.3) is 43.2 Å². The van der Waals surface area contributed by atoms with Crippen molar-refractivity contribution in [1.29, 1.82) is 0 Å². The molecule has 3 amide bonds. The standard InChI is InChI=1S/C46H57N9O3S/c1-23(2)41(47)45(57)54-17-7-9-35(54)43-48-22-34(53-43)38-16-15-37(59-38)29-13-12-28(39-32-19-25(5)20-33(50-32)40(29)39)27-11-14-30-31(21-27)52-44(51-30)36-10-8-18-55(36)46(58)42(24(3)4)49-26(6)56/h11-16,21-25,32-33,35-36,41-42,50H,7-10,17-20,47H2,1-6H3,(H,48,53)(H,49,56)(H,51,52). The van der Waals surface area contributed by atoms with Crippen molar-refractivity contribution in [2.75, 3.05) is 13.1 Å². The Morgan fingerprint density at radius 2 is 1.49 bits per heavy atom. The Labute approximate surface area is 350 Å². The van der Waals surface area contributed by atoms with Crippen LogP contribution < -0.4 is 16.4 Å². The van der Waals surface area contributed by atoms with Gasteiger partial charge in [0.05, 0.1) is 45.9 Å². The van der Waals surface area contributed by atoms with Gasteiger partial charge in [0.25, 0.3) is 0 Å². The Balaban J connectivity index is 1.01. The van der Waals surface area contributed by atoms with E-state index in [1.165, 1.54) is 34.1 Å². The maximum Gasteiger partial charge on any atom is 0.246 e. The molecule has 59 heavy (non-hydrogen) atoms. The summed E-state index contributed by atoms with van der Waals surface area (Å²) in [6, 6.07) is 14.8. The highest BCUT2D eigenvalue weighted by atomic mass is 32.1. The minimum absolute atomic E-state index is 0.00282. The predicted molar refractivity (Wildman–Crippen MR) is 232 cm³/mol. The summed E-state index contributed by atoms with van der Waals surface area (Å²) >= 11 is 1.78. The lowest BCUT2D eigenvalue weighted by atomic mass is 9.88. The number of piperidine rings is 1. The van der Waals surface area contributed by atoms with Gasteiger partial charge in [0.15, 0.2) is 0 Å². The summed E-state index contributed by atoms with van der Waals surface area (Å²) in [5, 5.41) is 6.87. The second-order valence-electron chi connectivity index (χ2n) is 18.1. The normalized spacial score (nSPS) is 23.7. The third-order valence-electron chi connectivity index (χ3n) is 13.2. The van der Waals surface area contributed by atoms with Gasteiger partial charge in [-0.3, -0.25) is 14.4 Å². The lowest BCUT2D eigenvalue weighted by Crippen LogP contribution is -2.50. The summed E-state index contributed by atoms with van der Waals surface area (Å²) < 4.78 is 0. The fourth-order valence-corrected chi connectivity index (χ4v) is 11.2. The highest BCUT2D eigenvalue weighted by Crippen LogP contribution is 2.53. The molecule has 0 aliphatic carbocycles. The third-order valence-corrected chi connectivity index (χ3v) is 14.4. The topological polar surface area (TPSA) is 165 Å². The van der Waals surface area contributed by atoms with Gasteiger partial charge < -0.3 is 36.1 Å². The Morgan fingerprint density at radius 3 is 2.19 bits per heavy atom. The number of nitrogens with two attached hydrogens (primary N) is 1. The summed E-state index contributed by atoms with van der Waals surface area (Å²) in [4.78, 5) is 62.1. The molecule has 7 heterocycles. The zero-order valence-corrected chi connectivity index (χ0v) is 35.8. The smallest absolute Gasteiger partial charge is 0.246 e. The van der Waals surface area contributed by atoms with E-state index < -0.39 is 12.1 Å². The van der Waals surface area contributed by atoms with Crippen molar-refractivity contribution in [3.05, 3.63) is 71.4 Å². The Bertz CT molecular complexity index is 2410. The second kappa shape index (κ2) is 15.6. The molecule has 2 bridgehead atoms. The summed E-state index contributed by atoms with van der Waals surface area (Å²) in [6.45, 7) is 13.1. The van der Waals surface area contributed by atoms with Crippen molar-refractivity contribution < 1.29 is 14.4 Å². The number of H-pyrrole nitrogens is 2. The van der Waals surface area contributed by atoms with Crippen LogP contribution in [0.3, 0.4) is 0 Å². The number of nitrogens with zero attached hydrogens (tertiary/aromatic N) is 4. The first kappa shape index (κ1) is 39.6. The molecule has 0 saturated carbocycles. The largest absolute Gasteiger partial charge is 0.344 e. The number of benzene rings is 2. The molecule has 9 rings (SSSR count). The number of nitrogens with one attached hydrogen (secondary N) is 4. The van der Waals surface area contributed by atoms with Crippen LogP contribution in [0.1, 0.15) is 127 Å². The van der Waals surface area contributed by atoms with E-state index in [9.17, 15) is 14.4 Å². The molecule has 13 heteroatoms. The Morgan fingerprint density at radius 1 is 0.831 bits per heavy atom. The number of hydrogen-bond acceptors (Lipinski definition) is 8. The van der Waals surface area contributed by atoms with Crippen molar-refractivity contribution >= 4 is 40.1 Å². The second-order valence-corrected chi connectivity index (χ2v) is 19.2. The molecule has 4 aliphatic heterocycles. The summed E-state index contributed by atoms with van der Waals surface area (Å²) in [5.41, 5.74) is 15.5. The molecule has 6 N–H and O–H groups in total. The number of thiophene rings is 1. The molecule has 5 aromatic rings. The first-order valence-electron chi connectivity index (χ1n) is 21.6. The fraction of sp³-hybridized carbons (Fsp3) is 0.500. The van der Waals surface area contributed by atoms with Gasteiger partial charge in [-0.25, -0.2) is 9.97 Å². The predicted octanol–water partition coefficient (Wildman–Crippen LogP) is 7.93. The third kappa shape index (κ3) is 7.18. The van der Waals surface area contributed by atoms with E-state index in [1.54, 1.807) is 11.3 Å². The summed E-state index contributed by atoms with van der Waals surface area (Å²) in [6.07, 6.45) is 7.62. The van der Waals surface area contributed by atoms with Gasteiger partial charge >= 0.3 is 0 Å². The number of carbonyl (C=O) groups is 3. The molecule has 4 aliphatic rings. The van der Waals surface area contributed by atoms with Crippen LogP contribution in [0.4, 0.5) is 0 Å². The van der Waals surface area contributed by atoms with Gasteiger partial charge in [-0.05, 0) is 108 Å². The number of aromatic amines is 2. The molecule has 3 saturated heterocycles. The zero-order valence-electron chi connectivity index (χ0n) is 35.0. The molecular weight excluding hydrogens is 759 g/mol. The van der Waals surface area contributed by atoms with E-state index >= 15 is 0 Å².